The van der Waals surface area contributed by atoms with E-state index >= 15 is 0 Å². The van der Waals surface area contributed by atoms with Crippen molar-refractivity contribution in [2.75, 3.05) is 12.0 Å². The smallest absolute Gasteiger partial charge is 0.306 e. The first kappa shape index (κ1) is 12.7. The Hall–Kier alpha value is -1.76. The van der Waals surface area contributed by atoms with E-state index in [9.17, 15) is 13.2 Å². The van der Waals surface area contributed by atoms with Gasteiger partial charge in [0.1, 0.15) is 5.75 Å². The number of hydrogen-bond donors (Lipinski definition) is 2. The van der Waals surface area contributed by atoms with E-state index < -0.39 is 10.1 Å². The second-order valence-corrected chi connectivity index (χ2v) is 5.90. The van der Waals surface area contributed by atoms with Crippen molar-refractivity contribution in [3.63, 3.8) is 0 Å². The molecule has 0 spiro atoms. The van der Waals surface area contributed by atoms with Crippen LogP contribution in [0.15, 0.2) is 18.2 Å². The Kier molecular flexibility index (Phi) is 3.16. The highest BCUT2D eigenvalue weighted by Crippen LogP contribution is 2.23. The van der Waals surface area contributed by atoms with Crippen LogP contribution in [0.2, 0.25) is 0 Å². The minimum Gasteiger partial charge on any atom is -0.399 e. The second kappa shape index (κ2) is 4.49. The molecule has 0 aromatic heterocycles. The van der Waals surface area contributed by atoms with Crippen molar-refractivity contribution < 1.29 is 17.4 Å². The lowest BCUT2D eigenvalue weighted by molar-refractivity contribution is 0.0951. The Bertz CT molecular complexity index is 579. The minimum absolute atomic E-state index is 0.0402. The number of hydrogen-bond acceptors (Lipinski definition) is 5. The first-order valence-electron chi connectivity index (χ1n) is 5.44. The van der Waals surface area contributed by atoms with E-state index in [1.165, 1.54) is 18.2 Å². The zero-order valence-corrected chi connectivity index (χ0v) is 10.7. The van der Waals surface area contributed by atoms with Crippen LogP contribution in [0.1, 0.15) is 23.2 Å². The molecule has 1 aliphatic rings. The van der Waals surface area contributed by atoms with Crippen molar-refractivity contribution in [1.82, 2.24) is 5.32 Å². The molecule has 1 aliphatic carbocycles. The molecule has 6 nitrogen and oxygen atoms in total. The fourth-order valence-corrected chi connectivity index (χ4v) is 1.92. The Morgan fingerprint density at radius 3 is 2.61 bits per heavy atom. The zero-order chi connectivity index (χ0) is 13.3. The topological polar surface area (TPSA) is 98.5 Å². The molecule has 1 fully saturated rings. The van der Waals surface area contributed by atoms with Gasteiger partial charge in [-0.15, -0.1) is 0 Å². The van der Waals surface area contributed by atoms with E-state index in [1.54, 1.807) is 0 Å². The van der Waals surface area contributed by atoms with Gasteiger partial charge in [-0.2, -0.15) is 8.42 Å². The van der Waals surface area contributed by atoms with Crippen molar-refractivity contribution in [2.24, 2.45) is 0 Å². The molecule has 0 aliphatic heterocycles. The van der Waals surface area contributed by atoms with E-state index in [4.69, 9.17) is 9.92 Å². The monoisotopic (exact) mass is 270 g/mol. The number of nitrogens with one attached hydrogen (secondary N) is 1. The highest BCUT2D eigenvalue weighted by molar-refractivity contribution is 7.86. The molecule has 0 unspecified atom stereocenters. The van der Waals surface area contributed by atoms with Crippen LogP contribution in [0.3, 0.4) is 0 Å². The van der Waals surface area contributed by atoms with E-state index in [1.807, 2.05) is 0 Å². The largest absolute Gasteiger partial charge is 0.399 e. The molecule has 0 saturated heterocycles. The molecule has 1 aromatic carbocycles. The number of carbonyl (C=O) groups is 1. The molecule has 0 bridgehead atoms. The fourth-order valence-electron chi connectivity index (χ4n) is 1.47. The maximum atomic E-state index is 11.8. The second-order valence-electron chi connectivity index (χ2n) is 4.33. The fraction of sp³-hybridized carbons (Fsp3) is 0.364. The van der Waals surface area contributed by atoms with Gasteiger partial charge in [0.15, 0.2) is 0 Å². The van der Waals surface area contributed by atoms with Crippen molar-refractivity contribution in [2.45, 2.75) is 18.9 Å². The van der Waals surface area contributed by atoms with Crippen molar-refractivity contribution >= 4 is 21.7 Å². The molecule has 1 amide bonds. The van der Waals surface area contributed by atoms with E-state index in [2.05, 4.69) is 5.32 Å². The van der Waals surface area contributed by atoms with E-state index in [0.717, 1.165) is 19.1 Å². The summed E-state index contributed by atoms with van der Waals surface area (Å²) in [5.74, 6) is -0.235. The summed E-state index contributed by atoms with van der Waals surface area (Å²) < 4.78 is 26.7. The van der Waals surface area contributed by atoms with Crippen LogP contribution in [0.25, 0.3) is 0 Å². The Morgan fingerprint density at radius 2 is 2.06 bits per heavy atom. The summed E-state index contributed by atoms with van der Waals surface area (Å²) in [5, 5.41) is 2.79. The lowest BCUT2D eigenvalue weighted by Crippen LogP contribution is -2.25. The van der Waals surface area contributed by atoms with Gasteiger partial charge in [0.25, 0.3) is 5.91 Å². The average molecular weight is 270 g/mol. The normalized spacial score (nSPS) is 15.2. The van der Waals surface area contributed by atoms with Crippen LogP contribution in [0.5, 0.6) is 5.75 Å². The molecular weight excluding hydrogens is 256 g/mol. The van der Waals surface area contributed by atoms with Crippen LogP contribution in [0.4, 0.5) is 5.69 Å². The number of nitrogens with two attached hydrogens (primary N) is 1. The number of anilines is 1. The standard InChI is InChI=1S/C11H14N2O4S/c1-18(15,16)17-10-5-7(4-8(12)6-10)11(14)13-9-2-3-9/h4-6,9H,2-3,12H2,1H3,(H,13,14). The molecule has 0 heterocycles. The average Bonchev–Trinajstić information content (AvgIpc) is 2.97. The van der Waals surface area contributed by atoms with Gasteiger partial charge < -0.3 is 15.2 Å². The number of carbonyl (C=O) groups excluding carboxylic acids is 1. The number of nitrogen functional groups attached to an aromatic ring is 1. The van der Waals surface area contributed by atoms with Crippen LogP contribution in [-0.2, 0) is 10.1 Å². The van der Waals surface area contributed by atoms with Crippen LogP contribution in [0, 0.1) is 0 Å². The number of rotatable bonds is 4. The number of amides is 1. The molecule has 3 N–H and O–H groups in total. The summed E-state index contributed by atoms with van der Waals surface area (Å²) >= 11 is 0. The van der Waals surface area contributed by atoms with Crippen LogP contribution in [-0.4, -0.2) is 26.6 Å². The third kappa shape index (κ3) is 3.63. The van der Waals surface area contributed by atoms with Gasteiger partial charge in [-0.25, -0.2) is 0 Å². The van der Waals surface area contributed by atoms with Crippen molar-refractivity contribution in [3.05, 3.63) is 23.8 Å². The molecule has 1 saturated carbocycles. The van der Waals surface area contributed by atoms with Crippen LogP contribution < -0.4 is 15.2 Å². The highest BCUT2D eigenvalue weighted by atomic mass is 32.2. The summed E-state index contributed by atoms with van der Waals surface area (Å²) in [6, 6.07) is 4.41. The maximum absolute atomic E-state index is 11.8. The SMILES string of the molecule is CS(=O)(=O)Oc1cc(N)cc(C(=O)NC2CC2)c1. The van der Waals surface area contributed by atoms with Crippen LogP contribution >= 0.6 is 0 Å². The first-order chi connectivity index (χ1) is 8.33. The molecule has 98 valence electrons. The van der Waals surface area contributed by atoms with Crippen molar-refractivity contribution in [3.8, 4) is 5.75 Å². The molecule has 1 aromatic rings. The quantitative estimate of drug-likeness (QED) is 0.613. The maximum Gasteiger partial charge on any atom is 0.306 e. The Labute approximate surface area is 105 Å². The summed E-state index contributed by atoms with van der Waals surface area (Å²) in [5.41, 5.74) is 6.17. The summed E-state index contributed by atoms with van der Waals surface area (Å²) in [6.45, 7) is 0. The zero-order valence-electron chi connectivity index (χ0n) is 9.84. The molecular formula is C11H14N2O4S. The van der Waals surface area contributed by atoms with Gasteiger partial charge in [0.2, 0.25) is 0 Å². The van der Waals surface area contributed by atoms with Gasteiger partial charge in [0, 0.05) is 23.4 Å². The van der Waals surface area contributed by atoms with Gasteiger partial charge in [-0.1, -0.05) is 0 Å². The highest BCUT2D eigenvalue weighted by Gasteiger charge is 2.24. The lowest BCUT2D eigenvalue weighted by atomic mass is 10.2. The van der Waals surface area contributed by atoms with E-state index in [0.29, 0.717) is 5.56 Å². The third-order valence-electron chi connectivity index (χ3n) is 2.35. The molecule has 7 heteroatoms. The summed E-state index contributed by atoms with van der Waals surface area (Å²) in [7, 11) is -3.63. The third-order valence-corrected chi connectivity index (χ3v) is 2.85. The molecule has 2 rings (SSSR count). The molecule has 0 atom stereocenters. The predicted octanol–water partition coefficient (Wildman–Crippen LogP) is 0.499. The van der Waals surface area contributed by atoms with E-state index in [-0.39, 0.29) is 23.4 Å². The predicted molar refractivity (Wildman–Crippen MR) is 66.8 cm³/mol. The lowest BCUT2D eigenvalue weighted by Gasteiger charge is -2.08. The summed E-state index contributed by atoms with van der Waals surface area (Å²) in [6.07, 6.45) is 2.88. The van der Waals surface area contributed by atoms with Crippen molar-refractivity contribution in [1.29, 1.82) is 0 Å². The number of benzene rings is 1. The first-order valence-corrected chi connectivity index (χ1v) is 7.26. The Morgan fingerprint density at radius 1 is 1.39 bits per heavy atom. The van der Waals surface area contributed by atoms with Gasteiger partial charge in [-0.3, -0.25) is 4.79 Å². The minimum atomic E-state index is -3.63. The Balaban J connectivity index is 2.22. The molecule has 0 radical (unpaired) electrons. The van der Waals surface area contributed by atoms with Gasteiger partial charge in [-0.05, 0) is 25.0 Å². The van der Waals surface area contributed by atoms with Gasteiger partial charge in [0.05, 0.1) is 6.26 Å². The van der Waals surface area contributed by atoms with Gasteiger partial charge >= 0.3 is 10.1 Å². The molecule has 18 heavy (non-hydrogen) atoms. The summed E-state index contributed by atoms with van der Waals surface area (Å²) in [4.78, 5) is 11.8.